The third-order valence-corrected chi connectivity index (χ3v) is 7.12. The molecule has 0 aliphatic rings. The van der Waals surface area contributed by atoms with Gasteiger partial charge in [0.15, 0.2) is 6.10 Å². The number of rotatable bonds is 28. The Morgan fingerprint density at radius 1 is 0.733 bits per heavy atom. The number of hydrogen-bond donors (Lipinski definition) is 3. The molecule has 10 heteroatoms. The van der Waals surface area contributed by atoms with E-state index in [1.807, 2.05) is 37.3 Å². The lowest BCUT2D eigenvalue weighted by Gasteiger charge is -2.18. The Balaban J connectivity index is 4.18. The van der Waals surface area contributed by atoms with Crippen LogP contribution in [0.1, 0.15) is 117 Å². The largest absolute Gasteiger partial charge is 0.469 e. The molecular weight excluding hydrogens is 595 g/mol. The van der Waals surface area contributed by atoms with Gasteiger partial charge in [-0.2, -0.15) is 0 Å². The molecule has 0 spiro atoms. The van der Waals surface area contributed by atoms with Gasteiger partial charge in [-0.15, -0.1) is 0 Å². The molecule has 0 aliphatic heterocycles. The molecule has 0 aromatic heterocycles. The van der Waals surface area contributed by atoms with Crippen LogP contribution >= 0.6 is 7.82 Å². The highest BCUT2D eigenvalue weighted by Gasteiger charge is 2.22. The zero-order valence-corrected chi connectivity index (χ0v) is 28.7. The lowest BCUT2D eigenvalue weighted by molar-refractivity contribution is -0.161. The van der Waals surface area contributed by atoms with Crippen molar-refractivity contribution >= 4 is 19.8 Å². The molecule has 0 rings (SSSR count). The smallest absolute Gasteiger partial charge is 0.462 e. The molecule has 0 heterocycles. The maximum absolute atomic E-state index is 12.3. The van der Waals surface area contributed by atoms with Crippen molar-refractivity contribution in [1.82, 2.24) is 0 Å². The Kier molecular flexibility index (Phi) is 27.7. The fraction of sp³-hybridized carbons (Fsp3) is 0.657. The standard InChI is InChI=1S/C35H59O9P/c1-4-32(36)26-22-18-13-11-9-7-5-6-8-10-12-14-20-24-28-35(38)44-33(30-43-45(39,40)41)29-42-34(37)27-23-19-16-15-17-21-25-31(2)3/h6-9,12-14,18,22,26,31-33,36H,4-5,10-11,15-17,19-21,23-25,27-30H2,1-3H3,(H2,39,40,41)/b8-6-,9-7-,14-12-,18-13-,26-22+/t32-,33-/m1/s1. The molecule has 0 aromatic carbocycles. The molecule has 0 fully saturated rings. The molecule has 0 radical (unpaired) electrons. The van der Waals surface area contributed by atoms with Gasteiger partial charge in [0, 0.05) is 12.8 Å². The van der Waals surface area contributed by atoms with E-state index in [0.29, 0.717) is 25.7 Å². The molecule has 0 unspecified atom stereocenters. The van der Waals surface area contributed by atoms with Gasteiger partial charge in [0.05, 0.1) is 12.7 Å². The Hall–Kier alpha value is -2.29. The number of esters is 2. The monoisotopic (exact) mass is 654 g/mol. The summed E-state index contributed by atoms with van der Waals surface area (Å²) in [6.07, 6.45) is 30.7. The Morgan fingerprint density at radius 3 is 1.93 bits per heavy atom. The van der Waals surface area contributed by atoms with Crippen molar-refractivity contribution in [2.75, 3.05) is 13.2 Å². The van der Waals surface area contributed by atoms with E-state index >= 15 is 0 Å². The van der Waals surface area contributed by atoms with Crippen molar-refractivity contribution in [1.29, 1.82) is 0 Å². The number of carbonyl (C=O) groups excluding carboxylic acids is 2. The zero-order chi connectivity index (χ0) is 33.6. The van der Waals surface area contributed by atoms with E-state index in [0.717, 1.165) is 44.4 Å². The van der Waals surface area contributed by atoms with Crippen LogP contribution in [0.4, 0.5) is 0 Å². The molecule has 258 valence electrons. The highest BCUT2D eigenvalue weighted by molar-refractivity contribution is 7.46. The highest BCUT2D eigenvalue weighted by Crippen LogP contribution is 2.35. The Labute approximate surface area is 271 Å². The summed E-state index contributed by atoms with van der Waals surface area (Å²) >= 11 is 0. The van der Waals surface area contributed by atoms with Gasteiger partial charge in [0.2, 0.25) is 0 Å². The predicted molar refractivity (Wildman–Crippen MR) is 180 cm³/mol. The number of aliphatic hydroxyl groups excluding tert-OH is 1. The third kappa shape index (κ3) is 32.9. The summed E-state index contributed by atoms with van der Waals surface area (Å²) in [7, 11) is -4.77. The maximum Gasteiger partial charge on any atom is 0.469 e. The van der Waals surface area contributed by atoms with Crippen molar-refractivity contribution in [3.63, 3.8) is 0 Å². The van der Waals surface area contributed by atoms with Gasteiger partial charge in [-0.3, -0.25) is 14.1 Å². The zero-order valence-electron chi connectivity index (χ0n) is 27.8. The molecule has 9 nitrogen and oxygen atoms in total. The number of ether oxygens (including phenoxy) is 2. The van der Waals surface area contributed by atoms with Crippen LogP contribution in [-0.2, 0) is 28.2 Å². The molecule has 0 amide bonds. The predicted octanol–water partition coefficient (Wildman–Crippen LogP) is 8.22. The molecule has 0 bridgehead atoms. The van der Waals surface area contributed by atoms with Gasteiger partial charge in [0.25, 0.3) is 0 Å². The first-order valence-electron chi connectivity index (χ1n) is 16.5. The molecule has 0 aromatic rings. The summed E-state index contributed by atoms with van der Waals surface area (Å²) in [6.45, 7) is 5.49. The lowest BCUT2D eigenvalue weighted by atomic mass is 10.0. The fourth-order valence-corrected chi connectivity index (χ4v) is 4.37. The van der Waals surface area contributed by atoms with Gasteiger partial charge in [-0.1, -0.05) is 120 Å². The molecule has 45 heavy (non-hydrogen) atoms. The number of carbonyl (C=O) groups is 2. The number of allylic oxidation sites excluding steroid dienone is 9. The van der Waals surface area contributed by atoms with Crippen LogP contribution in [0.15, 0.2) is 60.8 Å². The average Bonchev–Trinajstić information content (AvgIpc) is 2.98. The summed E-state index contributed by atoms with van der Waals surface area (Å²) in [5, 5.41) is 9.43. The van der Waals surface area contributed by atoms with Gasteiger partial charge in [-0.25, -0.2) is 4.57 Å². The highest BCUT2D eigenvalue weighted by atomic mass is 31.2. The second-order valence-corrected chi connectivity index (χ2v) is 12.7. The Morgan fingerprint density at radius 2 is 1.31 bits per heavy atom. The van der Waals surface area contributed by atoms with Crippen LogP contribution in [0.2, 0.25) is 0 Å². The molecule has 0 saturated heterocycles. The second kappa shape index (κ2) is 29.1. The van der Waals surface area contributed by atoms with Crippen LogP contribution in [0, 0.1) is 5.92 Å². The number of phosphoric ester groups is 1. The van der Waals surface area contributed by atoms with Crippen molar-refractivity contribution < 1.29 is 43.0 Å². The normalized spacial score (nSPS) is 14.1. The lowest BCUT2D eigenvalue weighted by Crippen LogP contribution is -2.29. The van der Waals surface area contributed by atoms with E-state index in [1.165, 1.54) is 19.3 Å². The summed E-state index contributed by atoms with van der Waals surface area (Å²) in [4.78, 5) is 42.4. The van der Waals surface area contributed by atoms with Crippen LogP contribution in [0.5, 0.6) is 0 Å². The van der Waals surface area contributed by atoms with Crippen molar-refractivity contribution in [2.45, 2.75) is 129 Å². The van der Waals surface area contributed by atoms with Crippen LogP contribution in [0.25, 0.3) is 0 Å². The molecule has 0 saturated carbocycles. The summed E-state index contributed by atoms with van der Waals surface area (Å²) in [5.74, 6) is -0.259. The minimum absolute atomic E-state index is 0.117. The summed E-state index contributed by atoms with van der Waals surface area (Å²) in [5.41, 5.74) is 0. The minimum Gasteiger partial charge on any atom is -0.462 e. The van der Waals surface area contributed by atoms with E-state index in [-0.39, 0.29) is 25.6 Å². The molecule has 3 N–H and O–H groups in total. The first kappa shape index (κ1) is 42.7. The molecule has 0 aliphatic carbocycles. The van der Waals surface area contributed by atoms with E-state index in [2.05, 4.69) is 42.7 Å². The van der Waals surface area contributed by atoms with Crippen LogP contribution in [-0.4, -0.2) is 52.3 Å². The van der Waals surface area contributed by atoms with E-state index in [9.17, 15) is 19.3 Å². The first-order chi connectivity index (χ1) is 21.5. The molecule has 2 atom stereocenters. The number of aliphatic hydroxyl groups is 1. The van der Waals surface area contributed by atoms with Gasteiger partial charge in [0.1, 0.15) is 6.61 Å². The SMILES string of the molecule is CC[C@@H](O)/C=C/C=C\C/C=C\C/C=C\C/C=C\CCCC(=O)O[C@H](COC(=O)CCCCCCCCC(C)C)COP(=O)(O)O. The third-order valence-electron chi connectivity index (χ3n) is 6.64. The molecular formula is C35H59O9P. The minimum atomic E-state index is -4.77. The quantitative estimate of drug-likeness (QED) is 0.0250. The summed E-state index contributed by atoms with van der Waals surface area (Å²) in [6, 6.07) is 0. The van der Waals surface area contributed by atoms with Crippen LogP contribution in [0.3, 0.4) is 0 Å². The van der Waals surface area contributed by atoms with Gasteiger partial charge < -0.3 is 24.4 Å². The fourth-order valence-electron chi connectivity index (χ4n) is 4.01. The van der Waals surface area contributed by atoms with Gasteiger partial charge in [-0.05, 0) is 50.9 Å². The van der Waals surface area contributed by atoms with E-state index in [4.69, 9.17) is 19.3 Å². The van der Waals surface area contributed by atoms with Crippen molar-refractivity contribution in [2.24, 2.45) is 5.92 Å². The van der Waals surface area contributed by atoms with Crippen molar-refractivity contribution in [3.8, 4) is 0 Å². The summed E-state index contributed by atoms with van der Waals surface area (Å²) < 4.78 is 26.1. The number of hydrogen-bond acceptors (Lipinski definition) is 7. The van der Waals surface area contributed by atoms with Gasteiger partial charge >= 0.3 is 19.8 Å². The maximum atomic E-state index is 12.3. The Bertz CT molecular complexity index is 947. The topological polar surface area (TPSA) is 140 Å². The van der Waals surface area contributed by atoms with E-state index in [1.54, 1.807) is 6.08 Å². The first-order valence-corrected chi connectivity index (χ1v) is 18.1. The number of unbranched alkanes of at least 4 members (excludes halogenated alkanes) is 6. The van der Waals surface area contributed by atoms with Crippen LogP contribution < -0.4 is 0 Å². The number of phosphoric acid groups is 1. The van der Waals surface area contributed by atoms with E-state index < -0.39 is 32.5 Å². The second-order valence-electron chi connectivity index (χ2n) is 11.4. The van der Waals surface area contributed by atoms with Crippen molar-refractivity contribution in [3.05, 3.63) is 60.8 Å². The average molecular weight is 655 g/mol.